The van der Waals surface area contributed by atoms with E-state index in [4.69, 9.17) is 18.5 Å². The summed E-state index contributed by atoms with van der Waals surface area (Å²) in [6, 6.07) is 0. The molecule has 0 radical (unpaired) electrons. The van der Waals surface area contributed by atoms with Crippen LogP contribution in [0, 0.1) is 0 Å². The van der Waals surface area contributed by atoms with Gasteiger partial charge in [0.1, 0.15) is 19.8 Å². The fraction of sp³-hybridized carbons (Fsp3) is 0.963. The summed E-state index contributed by atoms with van der Waals surface area (Å²) in [4.78, 5) is 35.6. The second kappa shape index (κ2) is 47.1. The number of carbonyl (C=O) groups excluding carboxylic acids is 2. The Hall–Kier alpha value is -0.990. The van der Waals surface area contributed by atoms with Crippen LogP contribution in [0.1, 0.15) is 284 Å². The summed E-state index contributed by atoms with van der Waals surface area (Å²) in [5.74, 6) is -0.775. The molecule has 0 spiro atoms. The third-order valence-electron chi connectivity index (χ3n) is 12.6. The van der Waals surface area contributed by atoms with Gasteiger partial charge in [-0.3, -0.25) is 18.6 Å². The van der Waals surface area contributed by atoms with Crippen molar-refractivity contribution in [3.8, 4) is 0 Å². The number of phosphoric acid groups is 1. The van der Waals surface area contributed by atoms with Crippen LogP contribution < -0.4 is 0 Å². The van der Waals surface area contributed by atoms with Gasteiger partial charge in [0, 0.05) is 12.8 Å². The van der Waals surface area contributed by atoms with Crippen LogP contribution in [-0.2, 0) is 32.7 Å². The Kier molecular flexibility index (Phi) is 46.4. The van der Waals surface area contributed by atoms with Crippen LogP contribution in [0.5, 0.6) is 0 Å². The van der Waals surface area contributed by atoms with E-state index in [1.165, 1.54) is 218 Å². The summed E-state index contributed by atoms with van der Waals surface area (Å²) in [5, 5.41) is 0. The van der Waals surface area contributed by atoms with E-state index in [1.54, 1.807) is 0 Å². The van der Waals surface area contributed by atoms with Crippen molar-refractivity contribution in [3.63, 3.8) is 0 Å². The molecule has 0 fully saturated rings. The largest absolute Gasteiger partial charge is 0.472 e. The molecule has 382 valence electrons. The fourth-order valence-electron chi connectivity index (χ4n) is 8.31. The second-order valence-corrected chi connectivity index (χ2v) is 21.8. The first kappa shape index (κ1) is 63.0. The van der Waals surface area contributed by atoms with E-state index in [1.807, 2.05) is 21.1 Å². The van der Waals surface area contributed by atoms with Crippen LogP contribution in [0.3, 0.4) is 0 Å². The van der Waals surface area contributed by atoms with Crippen molar-refractivity contribution in [2.24, 2.45) is 0 Å². The van der Waals surface area contributed by atoms with E-state index in [0.29, 0.717) is 17.4 Å². The molecule has 9 nitrogen and oxygen atoms in total. The van der Waals surface area contributed by atoms with Crippen molar-refractivity contribution in [1.82, 2.24) is 0 Å². The first-order valence-corrected chi connectivity index (χ1v) is 29.3. The van der Waals surface area contributed by atoms with Gasteiger partial charge in [0.05, 0.1) is 27.7 Å². The number of nitrogens with zero attached hydrogens (tertiary/aromatic N) is 1. The lowest BCUT2D eigenvalue weighted by atomic mass is 10.0. The predicted octanol–water partition coefficient (Wildman–Crippen LogP) is 16.7. The highest BCUT2D eigenvalue weighted by Gasteiger charge is 2.27. The Labute approximate surface area is 397 Å². The molecule has 0 aliphatic rings. The number of hydrogen-bond acceptors (Lipinski definition) is 7. The van der Waals surface area contributed by atoms with Gasteiger partial charge in [0.25, 0.3) is 0 Å². The summed E-state index contributed by atoms with van der Waals surface area (Å²) in [7, 11) is 1.50. The highest BCUT2D eigenvalue weighted by atomic mass is 31.2. The maximum Gasteiger partial charge on any atom is 0.472 e. The van der Waals surface area contributed by atoms with E-state index < -0.39 is 26.5 Å². The molecular weight excluding hydrogens is 822 g/mol. The summed E-state index contributed by atoms with van der Waals surface area (Å²) < 4.78 is 34.5. The number of phosphoric ester groups is 1. The number of ether oxygens (including phenoxy) is 2. The fourth-order valence-corrected chi connectivity index (χ4v) is 9.05. The van der Waals surface area contributed by atoms with Crippen molar-refractivity contribution in [1.29, 1.82) is 0 Å². The smallest absolute Gasteiger partial charge is 0.462 e. The number of esters is 2. The molecule has 0 aromatic heterocycles. The van der Waals surface area contributed by atoms with Crippen molar-refractivity contribution in [2.75, 3.05) is 47.5 Å². The molecule has 0 rings (SSSR count). The van der Waals surface area contributed by atoms with Crippen LogP contribution in [-0.4, -0.2) is 74.9 Å². The third-order valence-corrected chi connectivity index (χ3v) is 13.6. The molecule has 0 amide bonds. The van der Waals surface area contributed by atoms with E-state index in [9.17, 15) is 19.0 Å². The first-order chi connectivity index (χ1) is 31.0. The summed E-state index contributed by atoms with van der Waals surface area (Å²) in [5.41, 5.74) is 0. The van der Waals surface area contributed by atoms with E-state index in [-0.39, 0.29) is 25.6 Å². The Morgan fingerprint density at radius 3 is 1.00 bits per heavy atom. The maximum absolute atomic E-state index is 12.8. The van der Waals surface area contributed by atoms with Gasteiger partial charge in [-0.1, -0.05) is 258 Å². The molecule has 0 bridgehead atoms. The van der Waals surface area contributed by atoms with Gasteiger partial charge in [0.2, 0.25) is 0 Å². The number of carbonyl (C=O) groups is 2. The number of likely N-dealkylation sites (N-methyl/N-ethyl adjacent to an activating group) is 1. The predicted molar refractivity (Wildman–Crippen MR) is 271 cm³/mol. The van der Waals surface area contributed by atoms with Crippen LogP contribution in [0.4, 0.5) is 0 Å². The molecule has 0 heterocycles. The molecular formula is C54H109NO8P+. The Bertz CT molecular complexity index is 1050. The van der Waals surface area contributed by atoms with Gasteiger partial charge in [-0.05, 0) is 12.8 Å². The Morgan fingerprint density at radius 1 is 0.422 bits per heavy atom. The summed E-state index contributed by atoms with van der Waals surface area (Å²) in [6.45, 7) is 4.50. The molecule has 1 N–H and O–H groups in total. The van der Waals surface area contributed by atoms with Crippen LogP contribution in [0.2, 0.25) is 0 Å². The van der Waals surface area contributed by atoms with Crippen molar-refractivity contribution in [3.05, 3.63) is 0 Å². The van der Waals surface area contributed by atoms with E-state index in [0.717, 1.165) is 38.5 Å². The number of quaternary nitrogens is 1. The van der Waals surface area contributed by atoms with Crippen LogP contribution in [0.15, 0.2) is 0 Å². The van der Waals surface area contributed by atoms with Crippen molar-refractivity contribution in [2.45, 2.75) is 290 Å². The number of unbranched alkanes of at least 4 members (excludes halogenated alkanes) is 38. The Balaban J connectivity index is 4.13. The van der Waals surface area contributed by atoms with Gasteiger partial charge in [0.15, 0.2) is 6.10 Å². The van der Waals surface area contributed by atoms with Crippen molar-refractivity contribution >= 4 is 19.8 Å². The molecule has 0 aliphatic heterocycles. The lowest BCUT2D eigenvalue weighted by Gasteiger charge is -2.24. The van der Waals surface area contributed by atoms with Gasteiger partial charge in [-0.15, -0.1) is 0 Å². The highest BCUT2D eigenvalue weighted by molar-refractivity contribution is 7.47. The third kappa shape index (κ3) is 50.4. The molecule has 2 atom stereocenters. The van der Waals surface area contributed by atoms with E-state index >= 15 is 0 Å². The topological polar surface area (TPSA) is 108 Å². The lowest BCUT2D eigenvalue weighted by Crippen LogP contribution is -2.37. The average molecular weight is 931 g/mol. The quantitative estimate of drug-likeness (QED) is 0.0278. The molecule has 10 heteroatoms. The van der Waals surface area contributed by atoms with Gasteiger partial charge in [-0.25, -0.2) is 4.57 Å². The monoisotopic (exact) mass is 931 g/mol. The average Bonchev–Trinajstić information content (AvgIpc) is 3.25. The minimum Gasteiger partial charge on any atom is -0.462 e. The lowest BCUT2D eigenvalue weighted by molar-refractivity contribution is -0.870. The second-order valence-electron chi connectivity index (χ2n) is 20.3. The first-order valence-electron chi connectivity index (χ1n) is 27.8. The van der Waals surface area contributed by atoms with Crippen LogP contribution >= 0.6 is 7.82 Å². The molecule has 0 aromatic rings. The minimum atomic E-state index is -4.37. The molecule has 1 unspecified atom stereocenters. The number of rotatable bonds is 52. The SMILES string of the molecule is CCCCCCCCCCCCCCCCCCCCCCCCCC(=O)O[C@H](COC(=O)CCCCCCCCCCCCCCCCCCC)COP(=O)(O)OCC[N+](C)(C)C. The van der Waals surface area contributed by atoms with Gasteiger partial charge >= 0.3 is 19.8 Å². The normalized spacial score (nSPS) is 13.3. The zero-order valence-electron chi connectivity index (χ0n) is 43.3. The molecule has 0 aromatic carbocycles. The van der Waals surface area contributed by atoms with Crippen LogP contribution in [0.25, 0.3) is 0 Å². The zero-order valence-corrected chi connectivity index (χ0v) is 44.2. The molecule has 64 heavy (non-hydrogen) atoms. The van der Waals surface area contributed by atoms with Crippen molar-refractivity contribution < 1.29 is 42.1 Å². The molecule has 0 saturated heterocycles. The molecule has 0 saturated carbocycles. The van der Waals surface area contributed by atoms with E-state index in [2.05, 4.69) is 13.8 Å². The Morgan fingerprint density at radius 2 is 0.703 bits per heavy atom. The summed E-state index contributed by atoms with van der Waals surface area (Å²) >= 11 is 0. The molecule has 0 aliphatic carbocycles. The summed E-state index contributed by atoms with van der Waals surface area (Å²) in [6.07, 6.45) is 51.6. The standard InChI is InChI=1S/C54H108NO8P/c1-6-8-10-12-14-16-18-20-22-24-25-26-27-28-29-31-33-35-37-39-41-43-45-47-54(57)63-52(51-62-64(58,59)61-49-48-55(3,4)5)50-60-53(56)46-44-42-40-38-36-34-32-30-23-21-19-17-15-13-11-9-7-2/h52H,6-51H2,1-5H3/p+1/t52-/m1/s1. The zero-order chi connectivity index (χ0) is 47.1. The van der Waals surface area contributed by atoms with Gasteiger partial charge < -0.3 is 18.9 Å². The highest BCUT2D eigenvalue weighted by Crippen LogP contribution is 2.43. The maximum atomic E-state index is 12.8. The number of hydrogen-bond donors (Lipinski definition) is 1. The minimum absolute atomic E-state index is 0.0373. The van der Waals surface area contributed by atoms with Gasteiger partial charge in [-0.2, -0.15) is 0 Å².